The molecule has 7 heteroatoms. The van der Waals surface area contributed by atoms with Gasteiger partial charge in [-0.2, -0.15) is 0 Å². The molecule has 2 rings (SSSR count). The average Bonchev–Trinajstić information content (AvgIpc) is 2.64. The number of carbonyl (C=O) groups excluding carboxylic acids is 3. The second-order valence-electron chi connectivity index (χ2n) is 6.65. The van der Waals surface area contributed by atoms with Gasteiger partial charge in [0, 0.05) is 19.0 Å². The van der Waals surface area contributed by atoms with E-state index in [1.54, 1.807) is 24.3 Å². The summed E-state index contributed by atoms with van der Waals surface area (Å²) in [7, 11) is 0. The van der Waals surface area contributed by atoms with Crippen LogP contribution in [0, 0.1) is 0 Å². The molecular weight excluding hydrogens is 332 g/mol. The number of carbonyl (C=O) groups is 3. The van der Waals surface area contributed by atoms with E-state index in [2.05, 4.69) is 16.0 Å². The van der Waals surface area contributed by atoms with E-state index in [1.807, 2.05) is 6.07 Å². The number of primary amides is 1. The quantitative estimate of drug-likeness (QED) is 0.530. The van der Waals surface area contributed by atoms with E-state index >= 15 is 0 Å². The van der Waals surface area contributed by atoms with Gasteiger partial charge in [0.2, 0.25) is 11.8 Å². The molecule has 1 saturated carbocycles. The summed E-state index contributed by atoms with van der Waals surface area (Å²) in [4.78, 5) is 35.5. The van der Waals surface area contributed by atoms with Crippen LogP contribution in [0.1, 0.15) is 56.6 Å². The van der Waals surface area contributed by atoms with Gasteiger partial charge in [-0.3, -0.25) is 9.59 Å². The van der Waals surface area contributed by atoms with Crippen LogP contribution in [0.4, 0.5) is 4.79 Å². The lowest BCUT2D eigenvalue weighted by molar-refractivity contribution is -0.127. The lowest BCUT2D eigenvalue weighted by Gasteiger charge is -2.22. The van der Waals surface area contributed by atoms with E-state index in [4.69, 9.17) is 5.73 Å². The number of nitrogens with two attached hydrogens (primary N) is 1. The zero-order chi connectivity index (χ0) is 18.8. The Hall–Kier alpha value is -2.57. The lowest BCUT2D eigenvalue weighted by atomic mass is 9.96. The van der Waals surface area contributed by atoms with Crippen LogP contribution in [0.25, 0.3) is 0 Å². The second kappa shape index (κ2) is 10.4. The molecular formula is C19H28N4O3. The summed E-state index contributed by atoms with van der Waals surface area (Å²) >= 11 is 0. The minimum absolute atomic E-state index is 0.184. The number of amides is 4. The summed E-state index contributed by atoms with van der Waals surface area (Å²) in [5, 5.41) is 8.38. The molecule has 26 heavy (non-hydrogen) atoms. The lowest BCUT2D eigenvalue weighted by Crippen LogP contribution is -2.43. The summed E-state index contributed by atoms with van der Waals surface area (Å²) in [5.74, 6) is -0.873. The molecule has 7 nitrogen and oxygen atoms in total. The first-order valence-corrected chi connectivity index (χ1v) is 9.24. The van der Waals surface area contributed by atoms with Gasteiger partial charge in [-0.1, -0.05) is 49.6 Å². The molecule has 0 aromatic heterocycles. The van der Waals surface area contributed by atoms with Crippen LogP contribution >= 0.6 is 0 Å². The first-order chi connectivity index (χ1) is 12.6. The topological polar surface area (TPSA) is 113 Å². The Bertz CT molecular complexity index is 600. The zero-order valence-corrected chi connectivity index (χ0v) is 15.0. The van der Waals surface area contributed by atoms with Gasteiger partial charge in [-0.25, -0.2) is 4.79 Å². The number of rotatable bonds is 8. The molecule has 0 radical (unpaired) electrons. The van der Waals surface area contributed by atoms with E-state index in [9.17, 15) is 14.4 Å². The highest BCUT2D eigenvalue weighted by Crippen LogP contribution is 2.17. The SMILES string of the molecule is NC(=O)C(NC(=O)CCCNC(=O)NC1CCCCC1)c1ccccc1. The van der Waals surface area contributed by atoms with Crippen LogP contribution in [-0.2, 0) is 9.59 Å². The fourth-order valence-electron chi connectivity index (χ4n) is 3.13. The van der Waals surface area contributed by atoms with E-state index < -0.39 is 11.9 Å². The number of hydrogen-bond acceptors (Lipinski definition) is 3. The average molecular weight is 360 g/mol. The van der Waals surface area contributed by atoms with Crippen LogP contribution < -0.4 is 21.7 Å². The smallest absolute Gasteiger partial charge is 0.315 e. The van der Waals surface area contributed by atoms with Crippen molar-refractivity contribution < 1.29 is 14.4 Å². The van der Waals surface area contributed by atoms with Gasteiger partial charge >= 0.3 is 6.03 Å². The molecule has 5 N–H and O–H groups in total. The Morgan fingerprint density at radius 2 is 1.77 bits per heavy atom. The molecule has 1 unspecified atom stereocenters. The van der Waals surface area contributed by atoms with Crippen molar-refractivity contribution >= 4 is 17.8 Å². The Morgan fingerprint density at radius 1 is 1.08 bits per heavy atom. The largest absolute Gasteiger partial charge is 0.368 e. The molecule has 1 aromatic rings. The maximum Gasteiger partial charge on any atom is 0.315 e. The van der Waals surface area contributed by atoms with Crippen LogP contribution in [0.5, 0.6) is 0 Å². The van der Waals surface area contributed by atoms with Gasteiger partial charge in [-0.15, -0.1) is 0 Å². The second-order valence-corrected chi connectivity index (χ2v) is 6.65. The van der Waals surface area contributed by atoms with Crippen molar-refractivity contribution in [2.45, 2.75) is 57.0 Å². The Labute approximate surface area is 154 Å². The molecule has 1 aromatic carbocycles. The van der Waals surface area contributed by atoms with Gasteiger partial charge in [0.25, 0.3) is 0 Å². The minimum Gasteiger partial charge on any atom is -0.368 e. The Morgan fingerprint density at radius 3 is 2.42 bits per heavy atom. The molecule has 1 aliphatic carbocycles. The molecule has 0 bridgehead atoms. The van der Waals surface area contributed by atoms with E-state index in [0.29, 0.717) is 18.5 Å². The molecule has 0 saturated heterocycles. The summed E-state index contributed by atoms with van der Waals surface area (Å²) in [6.07, 6.45) is 6.32. The first kappa shape index (κ1) is 19.8. The number of benzene rings is 1. The first-order valence-electron chi connectivity index (χ1n) is 9.24. The van der Waals surface area contributed by atoms with Crippen molar-refractivity contribution in [2.75, 3.05) is 6.54 Å². The van der Waals surface area contributed by atoms with Crippen molar-refractivity contribution in [1.29, 1.82) is 0 Å². The molecule has 0 heterocycles. The molecule has 4 amide bonds. The number of nitrogens with one attached hydrogen (secondary N) is 3. The molecule has 142 valence electrons. The predicted molar refractivity (Wildman–Crippen MR) is 99.2 cm³/mol. The molecule has 1 atom stereocenters. The van der Waals surface area contributed by atoms with Crippen LogP contribution in [-0.4, -0.2) is 30.4 Å². The highest BCUT2D eigenvalue weighted by atomic mass is 16.2. The maximum atomic E-state index is 12.0. The summed E-state index contributed by atoms with van der Waals surface area (Å²) < 4.78 is 0. The van der Waals surface area contributed by atoms with E-state index in [1.165, 1.54) is 6.42 Å². The van der Waals surface area contributed by atoms with Gasteiger partial charge in [0.15, 0.2) is 0 Å². The van der Waals surface area contributed by atoms with Crippen LogP contribution in [0.3, 0.4) is 0 Å². The van der Waals surface area contributed by atoms with Gasteiger partial charge in [0.05, 0.1) is 0 Å². The number of urea groups is 1. The molecule has 0 aliphatic heterocycles. The fraction of sp³-hybridized carbons (Fsp3) is 0.526. The highest BCUT2D eigenvalue weighted by Gasteiger charge is 2.19. The Balaban J connectivity index is 1.66. The normalized spacial score (nSPS) is 15.7. The van der Waals surface area contributed by atoms with Crippen molar-refractivity contribution in [1.82, 2.24) is 16.0 Å². The monoisotopic (exact) mass is 360 g/mol. The molecule has 0 spiro atoms. The van der Waals surface area contributed by atoms with Gasteiger partial charge in [0.1, 0.15) is 6.04 Å². The van der Waals surface area contributed by atoms with Crippen molar-refractivity contribution in [3.05, 3.63) is 35.9 Å². The molecule has 1 aliphatic rings. The minimum atomic E-state index is -0.841. The summed E-state index contributed by atoms with van der Waals surface area (Å²) in [5.41, 5.74) is 6.03. The highest BCUT2D eigenvalue weighted by molar-refractivity contribution is 5.87. The van der Waals surface area contributed by atoms with E-state index in [0.717, 1.165) is 25.7 Å². The standard InChI is InChI=1S/C19H28N4O3/c20-18(25)17(14-8-3-1-4-9-14)23-16(24)12-7-13-21-19(26)22-15-10-5-2-6-11-15/h1,3-4,8-9,15,17H,2,5-7,10-13H2,(H2,20,25)(H,23,24)(H2,21,22,26). The van der Waals surface area contributed by atoms with Gasteiger partial charge < -0.3 is 21.7 Å². The Kier molecular flexibility index (Phi) is 7.92. The van der Waals surface area contributed by atoms with E-state index in [-0.39, 0.29) is 24.4 Å². The van der Waals surface area contributed by atoms with Crippen molar-refractivity contribution in [3.8, 4) is 0 Å². The van der Waals surface area contributed by atoms with Crippen LogP contribution in [0.2, 0.25) is 0 Å². The summed E-state index contributed by atoms with van der Waals surface area (Å²) in [6, 6.07) is 8.11. The van der Waals surface area contributed by atoms with Gasteiger partial charge in [-0.05, 0) is 24.8 Å². The zero-order valence-electron chi connectivity index (χ0n) is 15.0. The molecule has 1 fully saturated rings. The maximum absolute atomic E-state index is 12.0. The third-order valence-electron chi connectivity index (χ3n) is 4.53. The third kappa shape index (κ3) is 6.74. The van der Waals surface area contributed by atoms with Crippen LogP contribution in [0.15, 0.2) is 30.3 Å². The predicted octanol–water partition coefficient (Wildman–Crippen LogP) is 1.74. The summed E-state index contributed by atoms with van der Waals surface area (Å²) in [6.45, 7) is 0.401. The van der Waals surface area contributed by atoms with Crippen molar-refractivity contribution in [3.63, 3.8) is 0 Å². The number of hydrogen-bond donors (Lipinski definition) is 4. The van der Waals surface area contributed by atoms with Crippen molar-refractivity contribution in [2.24, 2.45) is 5.73 Å². The fourth-order valence-corrected chi connectivity index (χ4v) is 3.13. The third-order valence-corrected chi connectivity index (χ3v) is 4.53.